The van der Waals surface area contributed by atoms with Crippen LogP contribution in [0.3, 0.4) is 0 Å². The molecule has 2 aromatic rings. The summed E-state index contributed by atoms with van der Waals surface area (Å²) in [5, 5.41) is 5.23. The van der Waals surface area contributed by atoms with Crippen molar-refractivity contribution in [2.75, 3.05) is 30.9 Å². The molecule has 0 radical (unpaired) electrons. The zero-order valence-corrected chi connectivity index (χ0v) is 17.3. The van der Waals surface area contributed by atoms with Crippen LogP contribution in [0.25, 0.3) is 0 Å². The van der Waals surface area contributed by atoms with Gasteiger partial charge in [0.25, 0.3) is 0 Å². The summed E-state index contributed by atoms with van der Waals surface area (Å²) in [6, 6.07) is 11.2. The number of fused-ring (bicyclic) bond motifs is 1. The molecule has 0 aliphatic carbocycles. The molecule has 0 aromatic heterocycles. The van der Waals surface area contributed by atoms with Crippen LogP contribution in [-0.2, 0) is 17.6 Å². The smallest absolute Gasteiger partial charge is 0.190 e. The summed E-state index contributed by atoms with van der Waals surface area (Å²) in [5.74, 6) is 1.32. The van der Waals surface area contributed by atoms with Crippen LogP contribution in [-0.4, -0.2) is 38.0 Å². The van der Waals surface area contributed by atoms with Crippen LogP contribution in [0, 0.1) is 0 Å². The molecule has 8 nitrogen and oxygen atoms in total. The highest BCUT2D eigenvalue weighted by Gasteiger charge is 2.12. The summed E-state index contributed by atoms with van der Waals surface area (Å²) in [7, 11) is 5.11. The number of hydrogen-bond donors (Lipinski definition) is 2. The molecule has 29 heavy (non-hydrogen) atoms. The second kappa shape index (κ2) is 9.35. The number of nitrogens with zero attached hydrogens (tertiary/aromatic N) is 3. The van der Waals surface area contributed by atoms with Crippen LogP contribution in [0.4, 0.5) is 17.1 Å². The van der Waals surface area contributed by atoms with Crippen LogP contribution in [0.5, 0.6) is 11.5 Å². The van der Waals surface area contributed by atoms with Gasteiger partial charge in [0.2, 0.25) is 0 Å². The van der Waals surface area contributed by atoms with Gasteiger partial charge in [0, 0.05) is 24.5 Å². The predicted molar refractivity (Wildman–Crippen MR) is 119 cm³/mol. The van der Waals surface area contributed by atoms with E-state index in [1.807, 2.05) is 42.3 Å². The lowest BCUT2D eigenvalue weighted by molar-refractivity contribution is 0.355. The fourth-order valence-electron chi connectivity index (χ4n) is 2.78. The molecular weight excluding hydrogens is 390 g/mol. The lowest BCUT2D eigenvalue weighted by Gasteiger charge is -2.13. The summed E-state index contributed by atoms with van der Waals surface area (Å²) >= 11 is -1.59. The number of ether oxygens (including phenoxy) is 2. The molecule has 1 unspecified atom stereocenters. The molecule has 152 valence electrons. The topological polar surface area (TPSA) is 102 Å². The second-order valence-electron chi connectivity index (χ2n) is 6.23. The van der Waals surface area contributed by atoms with Crippen molar-refractivity contribution in [3.63, 3.8) is 0 Å². The number of nitrogens with one attached hydrogen (secondary N) is 1. The van der Waals surface area contributed by atoms with E-state index in [1.165, 1.54) is 0 Å². The van der Waals surface area contributed by atoms with E-state index in [-0.39, 0.29) is 0 Å². The summed E-state index contributed by atoms with van der Waals surface area (Å²) in [4.78, 5) is 10.9. The minimum Gasteiger partial charge on any atom is -0.493 e. The fourth-order valence-corrected chi connectivity index (χ4v) is 3.15. The van der Waals surface area contributed by atoms with Crippen LogP contribution in [0.2, 0.25) is 0 Å². The molecule has 3 rings (SSSR count). The summed E-state index contributed by atoms with van der Waals surface area (Å²) in [6.45, 7) is 0. The predicted octanol–water partition coefficient (Wildman–Crippen LogP) is 2.96. The van der Waals surface area contributed by atoms with Gasteiger partial charge in [-0.3, -0.25) is 9.71 Å². The van der Waals surface area contributed by atoms with Crippen molar-refractivity contribution in [1.29, 1.82) is 0 Å². The Balaban J connectivity index is 1.72. The zero-order chi connectivity index (χ0) is 20.8. The van der Waals surface area contributed by atoms with Gasteiger partial charge in [-0.15, -0.1) is 0 Å². The fraction of sp³-hybridized carbons (Fsp3) is 0.200. The monoisotopic (exact) mass is 413 g/mol. The first-order valence-electron chi connectivity index (χ1n) is 8.79. The van der Waals surface area contributed by atoms with Crippen LogP contribution in [0.1, 0.15) is 5.56 Å². The minimum absolute atomic E-state index is 0.645. The number of benzene rings is 2. The lowest BCUT2D eigenvalue weighted by atomic mass is 10.1. The maximum Gasteiger partial charge on any atom is 0.190 e. The van der Waals surface area contributed by atoms with E-state index >= 15 is 0 Å². The van der Waals surface area contributed by atoms with Gasteiger partial charge in [0.1, 0.15) is 0 Å². The lowest BCUT2D eigenvalue weighted by Crippen LogP contribution is -2.15. The number of methoxy groups -OCH3 is 2. The van der Waals surface area contributed by atoms with Gasteiger partial charge in [0.15, 0.2) is 22.7 Å². The third-order valence-electron chi connectivity index (χ3n) is 4.32. The van der Waals surface area contributed by atoms with Crippen molar-refractivity contribution in [3.8, 4) is 11.5 Å². The molecule has 1 atom stereocenters. The Morgan fingerprint density at radius 2 is 1.90 bits per heavy atom. The number of rotatable bonds is 7. The van der Waals surface area contributed by atoms with Crippen LogP contribution >= 0.6 is 0 Å². The Kier molecular flexibility index (Phi) is 6.63. The molecule has 0 saturated carbocycles. The summed E-state index contributed by atoms with van der Waals surface area (Å²) < 4.78 is 24.4. The van der Waals surface area contributed by atoms with E-state index < -0.39 is 11.2 Å². The van der Waals surface area contributed by atoms with Crippen molar-refractivity contribution in [2.24, 2.45) is 15.1 Å². The highest BCUT2D eigenvalue weighted by atomic mass is 32.2. The van der Waals surface area contributed by atoms with E-state index in [0.717, 1.165) is 22.6 Å². The Morgan fingerprint density at radius 3 is 2.55 bits per heavy atom. The van der Waals surface area contributed by atoms with E-state index in [2.05, 4.69) is 14.7 Å². The first-order chi connectivity index (χ1) is 14.0. The standard InChI is InChI=1S/C20H23N5O3S/c1-25(17-8-6-15(7-9-17)24-29(21)26)13-23-16-5-4-14-10-19(27-2)20(28-3)11-18(14)22-12-16/h5-13,24H,4,21H2,1-3H3. The average Bonchev–Trinajstić information content (AvgIpc) is 2.92. The average molecular weight is 414 g/mol. The highest BCUT2D eigenvalue weighted by Crippen LogP contribution is 2.36. The largest absolute Gasteiger partial charge is 0.493 e. The van der Waals surface area contributed by atoms with Crippen LogP contribution < -0.4 is 24.2 Å². The number of hydrogen-bond acceptors (Lipinski definition) is 5. The number of allylic oxidation sites excluding steroid dienone is 2. The van der Waals surface area contributed by atoms with Crippen molar-refractivity contribution in [1.82, 2.24) is 0 Å². The number of nitrogens with two attached hydrogens (primary N) is 1. The van der Waals surface area contributed by atoms with Crippen LogP contribution in [0.15, 0.2) is 58.2 Å². The Bertz CT molecular complexity index is 986. The molecule has 9 heteroatoms. The molecular formula is C20H23N5O3S. The third-order valence-corrected chi connectivity index (χ3v) is 4.76. The van der Waals surface area contributed by atoms with E-state index in [0.29, 0.717) is 23.6 Å². The van der Waals surface area contributed by atoms with Gasteiger partial charge in [-0.2, -0.15) is 0 Å². The third kappa shape index (κ3) is 5.21. The van der Waals surface area contributed by atoms with Crippen molar-refractivity contribution >= 4 is 40.8 Å². The van der Waals surface area contributed by atoms with E-state index in [9.17, 15) is 4.21 Å². The molecule has 3 N–H and O–H groups in total. The first-order valence-corrected chi connectivity index (χ1v) is 10.0. The summed E-state index contributed by atoms with van der Waals surface area (Å²) in [6.07, 6.45) is 6.14. The SMILES string of the molecule is COc1cc2c(cc1OC)N=CC(N=CN(C)c1ccc(NS(N)=O)cc1)=CC2. The molecule has 1 aliphatic heterocycles. The van der Waals surface area contributed by atoms with Crippen molar-refractivity contribution in [3.05, 3.63) is 53.7 Å². The molecule has 0 fully saturated rings. The minimum atomic E-state index is -1.59. The highest BCUT2D eigenvalue weighted by molar-refractivity contribution is 7.84. The van der Waals surface area contributed by atoms with E-state index in [4.69, 9.17) is 14.6 Å². The summed E-state index contributed by atoms with van der Waals surface area (Å²) in [5.41, 5.74) is 4.23. The van der Waals surface area contributed by atoms with Crippen molar-refractivity contribution < 1.29 is 13.7 Å². The number of aliphatic imine (C=N–C) groups is 2. The Hall–Kier alpha value is -3.17. The molecule has 0 saturated heterocycles. The molecule has 0 spiro atoms. The van der Waals surface area contributed by atoms with Gasteiger partial charge in [-0.25, -0.2) is 14.3 Å². The van der Waals surface area contributed by atoms with Gasteiger partial charge in [0.05, 0.1) is 38.2 Å². The normalized spacial score (nSPS) is 14.0. The van der Waals surface area contributed by atoms with Gasteiger partial charge < -0.3 is 14.4 Å². The van der Waals surface area contributed by atoms with Gasteiger partial charge in [-0.05, 0) is 42.3 Å². The molecule has 1 aliphatic rings. The molecule has 2 aromatic carbocycles. The zero-order valence-electron chi connectivity index (χ0n) is 16.5. The van der Waals surface area contributed by atoms with E-state index in [1.54, 1.807) is 38.9 Å². The molecule has 0 amide bonds. The quantitative estimate of drug-likeness (QED) is 0.538. The molecule has 1 heterocycles. The van der Waals surface area contributed by atoms with Gasteiger partial charge >= 0.3 is 0 Å². The Labute approximate surface area is 172 Å². The second-order valence-corrected chi connectivity index (χ2v) is 7.03. The first kappa shape index (κ1) is 20.6. The Morgan fingerprint density at radius 1 is 1.21 bits per heavy atom. The van der Waals surface area contributed by atoms with Crippen molar-refractivity contribution in [2.45, 2.75) is 6.42 Å². The maximum atomic E-state index is 11.0. The van der Waals surface area contributed by atoms with Gasteiger partial charge in [-0.1, -0.05) is 6.08 Å². The maximum absolute atomic E-state index is 11.0. The number of anilines is 2. The molecule has 0 bridgehead atoms.